The molecule has 5 nitrogen and oxygen atoms in total. The van der Waals surface area contributed by atoms with Crippen molar-refractivity contribution in [2.75, 3.05) is 12.4 Å². The molecular formula is C19H22N4OS. The van der Waals surface area contributed by atoms with Gasteiger partial charge in [0.1, 0.15) is 5.75 Å². The number of nitrogens with zero attached hydrogens (tertiary/aromatic N) is 2. The number of para-hydroxylation sites is 2. The fourth-order valence-corrected chi connectivity index (χ4v) is 3.36. The lowest BCUT2D eigenvalue weighted by atomic mass is 10.0. The van der Waals surface area contributed by atoms with E-state index in [2.05, 4.69) is 58.6 Å². The van der Waals surface area contributed by atoms with Crippen LogP contribution in [-0.4, -0.2) is 22.3 Å². The topological polar surface area (TPSA) is 62.8 Å². The van der Waals surface area contributed by atoms with Crippen LogP contribution in [-0.2, 0) is 5.75 Å². The number of hydrogen-bond donors (Lipinski definition) is 2. The maximum Gasteiger partial charge on any atom is 0.223 e. The Balaban J connectivity index is 1.67. The molecule has 0 aliphatic heterocycles. The van der Waals surface area contributed by atoms with E-state index < -0.39 is 0 Å². The molecule has 0 bridgehead atoms. The standard InChI is InChI=1S/C19H22N4OS/c1-13(2)15-9-5-6-10-16(15)20-18-21-19(23-22-18)25-12-14-8-4-7-11-17(14)24-3/h4-11,13H,12H2,1-3H3,(H2,20,21,22,23). The van der Waals surface area contributed by atoms with E-state index in [0.717, 1.165) is 22.8 Å². The van der Waals surface area contributed by atoms with Crippen molar-refractivity contribution in [2.45, 2.75) is 30.7 Å². The van der Waals surface area contributed by atoms with Gasteiger partial charge in [-0.1, -0.05) is 62.0 Å². The van der Waals surface area contributed by atoms with Crippen LogP contribution in [0.3, 0.4) is 0 Å². The Kier molecular flexibility index (Phi) is 5.60. The average Bonchev–Trinajstić information content (AvgIpc) is 3.08. The fourth-order valence-electron chi connectivity index (χ4n) is 2.57. The average molecular weight is 354 g/mol. The van der Waals surface area contributed by atoms with Gasteiger partial charge in [0.15, 0.2) is 0 Å². The van der Waals surface area contributed by atoms with Gasteiger partial charge in [0.05, 0.1) is 7.11 Å². The molecule has 0 amide bonds. The number of aromatic amines is 1. The maximum atomic E-state index is 5.38. The van der Waals surface area contributed by atoms with Crippen molar-refractivity contribution < 1.29 is 4.74 Å². The first-order chi connectivity index (χ1) is 12.2. The molecule has 6 heteroatoms. The number of aromatic nitrogens is 3. The Hall–Kier alpha value is -2.47. The second kappa shape index (κ2) is 8.07. The third-order valence-corrected chi connectivity index (χ3v) is 4.75. The number of benzene rings is 2. The largest absolute Gasteiger partial charge is 0.496 e. The number of methoxy groups -OCH3 is 1. The maximum absolute atomic E-state index is 5.38. The van der Waals surface area contributed by atoms with Crippen molar-refractivity contribution in [3.63, 3.8) is 0 Å². The number of anilines is 2. The van der Waals surface area contributed by atoms with Gasteiger partial charge in [0.25, 0.3) is 0 Å². The van der Waals surface area contributed by atoms with Crippen LogP contribution in [0.5, 0.6) is 5.75 Å². The lowest BCUT2D eigenvalue weighted by Crippen LogP contribution is -1.98. The highest BCUT2D eigenvalue weighted by atomic mass is 32.2. The number of H-pyrrole nitrogens is 1. The quantitative estimate of drug-likeness (QED) is 0.586. The number of ether oxygens (including phenoxy) is 1. The second-order valence-electron chi connectivity index (χ2n) is 5.93. The SMILES string of the molecule is COc1ccccc1CSc1n[nH]c(Nc2ccccc2C(C)C)n1. The summed E-state index contributed by atoms with van der Waals surface area (Å²) in [6, 6.07) is 16.2. The molecule has 0 unspecified atom stereocenters. The predicted octanol–water partition coefficient (Wildman–Crippen LogP) is 4.97. The summed E-state index contributed by atoms with van der Waals surface area (Å²) in [7, 11) is 1.69. The van der Waals surface area contributed by atoms with Crippen LogP contribution >= 0.6 is 11.8 Å². The van der Waals surface area contributed by atoms with E-state index in [4.69, 9.17) is 4.74 Å². The van der Waals surface area contributed by atoms with Crippen molar-refractivity contribution in [1.29, 1.82) is 0 Å². The molecular weight excluding hydrogens is 332 g/mol. The third kappa shape index (κ3) is 4.33. The molecule has 25 heavy (non-hydrogen) atoms. The lowest BCUT2D eigenvalue weighted by Gasteiger charge is -2.12. The van der Waals surface area contributed by atoms with Gasteiger partial charge in [-0.25, -0.2) is 5.10 Å². The van der Waals surface area contributed by atoms with Crippen molar-refractivity contribution in [2.24, 2.45) is 0 Å². The van der Waals surface area contributed by atoms with Gasteiger partial charge in [0, 0.05) is 17.0 Å². The van der Waals surface area contributed by atoms with E-state index >= 15 is 0 Å². The molecule has 0 spiro atoms. The molecule has 2 N–H and O–H groups in total. The Morgan fingerprint density at radius 3 is 2.68 bits per heavy atom. The van der Waals surface area contributed by atoms with Gasteiger partial charge >= 0.3 is 0 Å². The van der Waals surface area contributed by atoms with E-state index in [-0.39, 0.29) is 0 Å². The molecule has 0 aliphatic rings. The smallest absolute Gasteiger partial charge is 0.223 e. The first-order valence-corrected chi connectivity index (χ1v) is 9.19. The van der Waals surface area contributed by atoms with Crippen molar-refractivity contribution in [3.05, 3.63) is 59.7 Å². The van der Waals surface area contributed by atoms with Crippen LogP contribution in [0.15, 0.2) is 53.7 Å². The van der Waals surface area contributed by atoms with Gasteiger partial charge in [-0.05, 0) is 23.6 Å². The normalized spacial score (nSPS) is 10.9. The summed E-state index contributed by atoms with van der Waals surface area (Å²) in [5.74, 6) is 2.72. The van der Waals surface area contributed by atoms with Crippen molar-refractivity contribution >= 4 is 23.4 Å². The van der Waals surface area contributed by atoms with Crippen LogP contribution in [0.25, 0.3) is 0 Å². The van der Waals surface area contributed by atoms with Gasteiger partial charge < -0.3 is 10.1 Å². The van der Waals surface area contributed by atoms with Crippen LogP contribution in [0.1, 0.15) is 30.9 Å². The zero-order chi connectivity index (χ0) is 17.6. The molecule has 0 fully saturated rings. The van der Waals surface area contributed by atoms with E-state index in [0.29, 0.717) is 17.0 Å². The highest BCUT2D eigenvalue weighted by Crippen LogP contribution is 2.28. The van der Waals surface area contributed by atoms with Gasteiger partial charge in [-0.15, -0.1) is 5.10 Å². The van der Waals surface area contributed by atoms with Gasteiger partial charge in [0.2, 0.25) is 11.1 Å². The minimum absolute atomic E-state index is 0.436. The number of rotatable bonds is 7. The molecule has 2 aromatic carbocycles. The zero-order valence-electron chi connectivity index (χ0n) is 14.6. The summed E-state index contributed by atoms with van der Waals surface area (Å²) in [5, 5.41) is 11.3. The summed E-state index contributed by atoms with van der Waals surface area (Å²) >= 11 is 1.57. The first kappa shape index (κ1) is 17.4. The monoisotopic (exact) mass is 354 g/mol. The molecule has 1 heterocycles. The molecule has 1 aromatic heterocycles. The molecule has 0 aliphatic carbocycles. The number of hydrogen-bond acceptors (Lipinski definition) is 5. The molecule has 0 atom stereocenters. The minimum Gasteiger partial charge on any atom is -0.496 e. The second-order valence-corrected chi connectivity index (χ2v) is 6.88. The van der Waals surface area contributed by atoms with Crippen LogP contribution in [0.2, 0.25) is 0 Å². The van der Waals surface area contributed by atoms with E-state index in [9.17, 15) is 0 Å². The van der Waals surface area contributed by atoms with Gasteiger partial charge in [-0.3, -0.25) is 0 Å². The Morgan fingerprint density at radius 2 is 1.88 bits per heavy atom. The molecule has 3 aromatic rings. The number of nitrogens with one attached hydrogen (secondary N) is 2. The highest BCUT2D eigenvalue weighted by Gasteiger charge is 2.10. The summed E-state index contributed by atoms with van der Waals surface area (Å²) in [5.41, 5.74) is 3.43. The lowest BCUT2D eigenvalue weighted by molar-refractivity contribution is 0.411. The zero-order valence-corrected chi connectivity index (χ0v) is 15.4. The highest BCUT2D eigenvalue weighted by molar-refractivity contribution is 7.98. The molecule has 3 rings (SSSR count). The van der Waals surface area contributed by atoms with Gasteiger partial charge in [-0.2, -0.15) is 4.98 Å². The van der Waals surface area contributed by atoms with E-state index in [1.165, 1.54) is 5.56 Å². The fraction of sp³-hybridized carbons (Fsp3) is 0.263. The van der Waals surface area contributed by atoms with E-state index in [1.807, 2.05) is 24.3 Å². The van der Waals surface area contributed by atoms with Crippen LogP contribution in [0.4, 0.5) is 11.6 Å². The predicted molar refractivity (Wildman–Crippen MR) is 103 cm³/mol. The molecule has 0 saturated carbocycles. The van der Waals surface area contributed by atoms with E-state index in [1.54, 1.807) is 18.9 Å². The van der Waals surface area contributed by atoms with Crippen molar-refractivity contribution in [1.82, 2.24) is 15.2 Å². The molecule has 0 radical (unpaired) electrons. The summed E-state index contributed by atoms with van der Waals surface area (Å²) in [4.78, 5) is 4.52. The molecule has 0 saturated heterocycles. The molecule has 130 valence electrons. The Morgan fingerprint density at radius 1 is 1.12 bits per heavy atom. The summed E-state index contributed by atoms with van der Waals surface area (Å²) < 4.78 is 5.38. The summed E-state index contributed by atoms with van der Waals surface area (Å²) in [6.45, 7) is 4.35. The van der Waals surface area contributed by atoms with Crippen LogP contribution in [0, 0.1) is 0 Å². The summed E-state index contributed by atoms with van der Waals surface area (Å²) in [6.07, 6.45) is 0. The Bertz CT molecular complexity index is 832. The van der Waals surface area contributed by atoms with Crippen LogP contribution < -0.4 is 10.1 Å². The number of thioether (sulfide) groups is 1. The first-order valence-electron chi connectivity index (χ1n) is 8.20. The Labute approximate surface area is 152 Å². The third-order valence-electron chi connectivity index (χ3n) is 3.85. The van der Waals surface area contributed by atoms with Crippen molar-refractivity contribution in [3.8, 4) is 5.75 Å². The minimum atomic E-state index is 0.436.